The predicted octanol–water partition coefficient (Wildman–Crippen LogP) is 13.4. The van der Waals surface area contributed by atoms with Gasteiger partial charge in [0.05, 0.1) is 28.8 Å². The van der Waals surface area contributed by atoms with E-state index in [1.54, 1.807) is 0 Å². The molecule has 4 fully saturated rings. The van der Waals surface area contributed by atoms with E-state index in [0.29, 0.717) is 42.3 Å². The molecule has 386 valence electrons. The van der Waals surface area contributed by atoms with Gasteiger partial charge in [-0.05, 0) is 163 Å². The molecule has 0 aliphatic heterocycles. The van der Waals surface area contributed by atoms with Crippen LogP contribution in [0.2, 0.25) is 0 Å². The molecule has 2 unspecified atom stereocenters. The highest BCUT2D eigenvalue weighted by atomic mass is 16.7. The second-order valence-corrected chi connectivity index (χ2v) is 26.6. The van der Waals surface area contributed by atoms with Gasteiger partial charge in [-0.3, -0.25) is 24.0 Å². The van der Waals surface area contributed by atoms with Crippen LogP contribution in [-0.4, -0.2) is 61.9 Å². The molecule has 4 saturated carbocycles. The number of hydrogen-bond donors (Lipinski definition) is 0. The summed E-state index contributed by atoms with van der Waals surface area (Å²) < 4.78 is 29.2. The van der Waals surface area contributed by atoms with Gasteiger partial charge in [0.1, 0.15) is 19.0 Å². The van der Waals surface area contributed by atoms with E-state index >= 15 is 0 Å². The Morgan fingerprint density at radius 1 is 0.582 bits per heavy atom. The van der Waals surface area contributed by atoms with Crippen LogP contribution in [0, 0.1) is 73.9 Å². The molecule has 0 bridgehead atoms. The molecule has 67 heavy (non-hydrogen) atoms. The lowest BCUT2D eigenvalue weighted by Crippen LogP contribution is -2.54. The summed E-state index contributed by atoms with van der Waals surface area (Å²) in [5.74, 6) is 1.65. The number of carbonyl (C=O) groups excluding carboxylic acids is 5. The monoisotopic (exact) mass is 943 g/mol. The quantitative estimate of drug-likeness (QED) is 0.0399. The Hall–Kier alpha value is -2.49. The first-order chi connectivity index (χ1) is 31.0. The normalized spacial score (nSPS) is 28.7. The summed E-state index contributed by atoms with van der Waals surface area (Å²) in [5, 5.41) is 0. The van der Waals surface area contributed by atoms with Crippen molar-refractivity contribution in [3.63, 3.8) is 0 Å². The fourth-order valence-electron chi connectivity index (χ4n) is 14.1. The summed E-state index contributed by atoms with van der Waals surface area (Å²) in [6.45, 7) is 30.2. The van der Waals surface area contributed by atoms with Crippen LogP contribution in [-0.2, 0) is 47.7 Å². The summed E-state index contributed by atoms with van der Waals surface area (Å²) in [4.78, 5) is 65.0. The van der Waals surface area contributed by atoms with Crippen molar-refractivity contribution in [2.24, 2.45) is 73.9 Å². The summed E-state index contributed by atoms with van der Waals surface area (Å²) in [6, 6.07) is 0. The molecule has 10 atom stereocenters. The second-order valence-electron chi connectivity index (χ2n) is 26.6. The molecule has 0 aromatic carbocycles. The van der Waals surface area contributed by atoms with Crippen molar-refractivity contribution in [2.45, 2.75) is 238 Å². The molecular weight excluding hydrogens is 845 g/mol. The Morgan fingerprint density at radius 3 is 1.60 bits per heavy atom. The average Bonchev–Trinajstić information content (AvgIpc) is 3.58. The highest BCUT2D eigenvalue weighted by molar-refractivity contribution is 5.79. The van der Waals surface area contributed by atoms with Gasteiger partial charge in [0.25, 0.3) is 0 Å². The van der Waals surface area contributed by atoms with Crippen LogP contribution < -0.4 is 0 Å². The number of ether oxygens (including phenoxy) is 5. The lowest BCUT2D eigenvalue weighted by Gasteiger charge is -2.61. The first-order valence-electron chi connectivity index (χ1n) is 26.8. The van der Waals surface area contributed by atoms with Crippen LogP contribution in [0.1, 0.15) is 226 Å². The van der Waals surface area contributed by atoms with E-state index in [1.165, 1.54) is 38.5 Å². The van der Waals surface area contributed by atoms with E-state index in [1.807, 2.05) is 48.5 Å². The standard InChI is InChI=1S/C57H98O10/c1-38(48(59)66-37-65-42-28-30-56(14)41(32-42)24-25-44-46-27-26-45(40(3)58)57(46,15)31-29-47(44)56)22-20-18-16-17-19-21-23-39(2)49(60)67-43(33-63-50(61)54(10,11)35-52(4,5)6)34-64-51(62)55(12,13)36-53(7,8)9/h38-39,41-47H,16-37H2,1-15H3/t38?,39?,41-,42+,44-,45+,46-,47-,56-,57+/m0/s1. The maximum atomic E-state index is 13.3. The molecule has 0 spiro atoms. The highest BCUT2D eigenvalue weighted by Gasteiger charge is 2.61. The molecule has 4 aliphatic carbocycles. The van der Waals surface area contributed by atoms with Crippen molar-refractivity contribution in [3.8, 4) is 0 Å². The van der Waals surface area contributed by atoms with Crippen molar-refractivity contribution >= 4 is 29.7 Å². The Kier molecular flexibility index (Phi) is 20.1. The third kappa shape index (κ3) is 16.0. The van der Waals surface area contributed by atoms with Gasteiger partial charge in [0.2, 0.25) is 0 Å². The number of ketones is 1. The summed E-state index contributed by atoms with van der Waals surface area (Å²) in [7, 11) is 0. The minimum atomic E-state index is -0.907. The molecule has 4 rings (SSSR count). The SMILES string of the molecule is CC(=O)[C@H]1CC[C@H]2[C@@H]3CC[C@H]4C[C@H](OCOC(=O)C(C)CCCCCCCCC(C)C(=O)OC(COC(=O)C(C)(C)CC(C)(C)C)COC(=O)C(C)(C)CC(C)(C)C)CC[C@]4(C)[C@H]3CC[C@]12C. The predicted molar refractivity (Wildman–Crippen MR) is 264 cm³/mol. The maximum Gasteiger partial charge on any atom is 0.311 e. The molecule has 0 heterocycles. The van der Waals surface area contributed by atoms with Gasteiger partial charge in [0.15, 0.2) is 12.9 Å². The Balaban J connectivity index is 1.10. The number of rotatable bonds is 24. The molecule has 10 nitrogen and oxygen atoms in total. The van der Waals surface area contributed by atoms with Crippen LogP contribution in [0.3, 0.4) is 0 Å². The third-order valence-electron chi connectivity index (χ3n) is 17.1. The first-order valence-corrected chi connectivity index (χ1v) is 26.8. The van der Waals surface area contributed by atoms with Gasteiger partial charge in [-0.15, -0.1) is 0 Å². The van der Waals surface area contributed by atoms with Crippen LogP contribution in [0.4, 0.5) is 0 Å². The molecule has 0 aromatic rings. The van der Waals surface area contributed by atoms with Crippen molar-refractivity contribution in [3.05, 3.63) is 0 Å². The number of Topliss-reactive ketones (excluding diaryl/α,β-unsaturated/α-hetero) is 1. The third-order valence-corrected chi connectivity index (χ3v) is 17.1. The minimum Gasteiger partial charge on any atom is -0.461 e. The average molecular weight is 943 g/mol. The number of carbonyl (C=O) groups is 5. The van der Waals surface area contributed by atoms with Crippen LogP contribution in [0.15, 0.2) is 0 Å². The first kappa shape index (κ1) is 57.1. The Labute approximate surface area is 408 Å². The van der Waals surface area contributed by atoms with E-state index < -0.39 is 22.9 Å². The van der Waals surface area contributed by atoms with Crippen LogP contribution >= 0.6 is 0 Å². The van der Waals surface area contributed by atoms with Crippen molar-refractivity contribution < 1.29 is 47.7 Å². The molecule has 0 saturated heterocycles. The van der Waals surface area contributed by atoms with E-state index in [0.717, 1.165) is 76.0 Å². The largest absolute Gasteiger partial charge is 0.461 e. The zero-order valence-corrected chi connectivity index (χ0v) is 45.3. The molecule has 0 N–H and O–H groups in total. The van der Waals surface area contributed by atoms with E-state index in [9.17, 15) is 24.0 Å². The zero-order chi connectivity index (χ0) is 50.2. The van der Waals surface area contributed by atoms with Gasteiger partial charge < -0.3 is 23.7 Å². The Bertz CT molecular complexity index is 1610. The van der Waals surface area contributed by atoms with Crippen LogP contribution in [0.5, 0.6) is 0 Å². The smallest absolute Gasteiger partial charge is 0.311 e. The van der Waals surface area contributed by atoms with E-state index in [4.69, 9.17) is 23.7 Å². The summed E-state index contributed by atoms with van der Waals surface area (Å²) >= 11 is 0. The molecule has 0 aromatic heterocycles. The van der Waals surface area contributed by atoms with Gasteiger partial charge in [-0.1, -0.05) is 108 Å². The van der Waals surface area contributed by atoms with Gasteiger partial charge in [-0.25, -0.2) is 0 Å². The number of esters is 4. The number of unbranched alkanes of at least 4 members (excludes halogenated alkanes) is 5. The van der Waals surface area contributed by atoms with Crippen LogP contribution in [0.25, 0.3) is 0 Å². The Morgan fingerprint density at radius 2 is 1.07 bits per heavy atom. The topological polar surface area (TPSA) is 132 Å². The minimum absolute atomic E-state index is 0.0374. The number of fused-ring (bicyclic) bond motifs is 5. The van der Waals surface area contributed by atoms with E-state index in [2.05, 4.69) is 55.4 Å². The zero-order valence-electron chi connectivity index (χ0n) is 45.3. The lowest BCUT2D eigenvalue weighted by atomic mass is 9.44. The molecule has 4 aliphatic rings. The fourth-order valence-corrected chi connectivity index (χ4v) is 14.1. The molecule has 0 amide bonds. The van der Waals surface area contributed by atoms with Gasteiger partial charge >= 0.3 is 23.9 Å². The highest BCUT2D eigenvalue weighted by Crippen LogP contribution is 2.67. The van der Waals surface area contributed by atoms with Gasteiger partial charge in [0, 0.05) is 5.92 Å². The second kappa shape index (κ2) is 23.6. The summed E-state index contributed by atoms with van der Waals surface area (Å²) in [5.41, 5.74) is -1.09. The maximum absolute atomic E-state index is 13.3. The van der Waals surface area contributed by atoms with Crippen molar-refractivity contribution in [1.29, 1.82) is 0 Å². The molecular formula is C57H98O10. The molecule has 10 heteroatoms. The van der Waals surface area contributed by atoms with Crippen molar-refractivity contribution in [1.82, 2.24) is 0 Å². The summed E-state index contributed by atoms with van der Waals surface area (Å²) in [6.07, 6.45) is 18.4. The van der Waals surface area contributed by atoms with Gasteiger partial charge in [-0.2, -0.15) is 0 Å². The van der Waals surface area contributed by atoms with Crippen molar-refractivity contribution in [2.75, 3.05) is 20.0 Å². The lowest BCUT2D eigenvalue weighted by molar-refractivity contribution is -0.177. The number of hydrogen-bond acceptors (Lipinski definition) is 10. The fraction of sp³-hybridized carbons (Fsp3) is 0.912. The molecule has 0 radical (unpaired) electrons. The van der Waals surface area contributed by atoms with E-state index in [-0.39, 0.29) is 78.0 Å².